The molecule has 0 unspecified atom stereocenters. The number of nitrogens with zero attached hydrogens (tertiary/aromatic N) is 2. The summed E-state index contributed by atoms with van der Waals surface area (Å²) in [6, 6.07) is 8.20. The third kappa shape index (κ3) is 4.03. The molecule has 0 spiro atoms. The molecule has 0 aliphatic heterocycles. The van der Waals surface area contributed by atoms with E-state index in [2.05, 4.69) is 15.3 Å². The number of halogens is 3. The van der Waals surface area contributed by atoms with Gasteiger partial charge in [0.2, 0.25) is 5.88 Å². The van der Waals surface area contributed by atoms with Gasteiger partial charge >= 0.3 is 11.9 Å². The molecule has 4 rings (SSSR count). The fraction of sp³-hybridized carbons (Fsp3) is 0.350. The summed E-state index contributed by atoms with van der Waals surface area (Å²) in [5.74, 6) is -1.35. The van der Waals surface area contributed by atoms with Crippen molar-refractivity contribution < 1.29 is 22.7 Å². The molecule has 0 atom stereocenters. The first kappa shape index (κ1) is 20.0. The van der Waals surface area contributed by atoms with Crippen molar-refractivity contribution in [3.05, 3.63) is 58.1 Å². The van der Waals surface area contributed by atoms with Crippen LogP contribution in [0, 0.1) is 5.92 Å². The fourth-order valence-corrected chi connectivity index (χ4v) is 3.35. The van der Waals surface area contributed by atoms with E-state index in [1.165, 1.54) is 10.8 Å². The van der Waals surface area contributed by atoms with E-state index in [0.29, 0.717) is 22.2 Å². The third-order valence-electron chi connectivity index (χ3n) is 5.26. The summed E-state index contributed by atoms with van der Waals surface area (Å²) >= 11 is 0. The Labute approximate surface area is 168 Å². The van der Waals surface area contributed by atoms with Crippen LogP contribution in [0.15, 0.2) is 41.3 Å². The molecular formula is C20H19F3N4O3. The first-order valence-electron chi connectivity index (χ1n) is 9.36. The molecule has 1 amide bonds. The van der Waals surface area contributed by atoms with Crippen LogP contribution >= 0.6 is 0 Å². The lowest BCUT2D eigenvalue weighted by atomic mass is 9.82. The van der Waals surface area contributed by atoms with Gasteiger partial charge in [-0.05, 0) is 36.6 Å². The van der Waals surface area contributed by atoms with Gasteiger partial charge in [0.15, 0.2) is 0 Å². The maximum atomic E-state index is 12.5. The van der Waals surface area contributed by atoms with E-state index in [-0.39, 0.29) is 36.9 Å². The molecule has 1 aromatic carbocycles. The van der Waals surface area contributed by atoms with Crippen LogP contribution in [-0.4, -0.2) is 32.7 Å². The number of aromatic nitrogens is 3. The number of aromatic amines is 1. The molecule has 0 saturated heterocycles. The number of carbonyl (C=O) groups excluding carboxylic acids is 1. The molecule has 7 nitrogen and oxygen atoms in total. The molecule has 1 saturated carbocycles. The lowest BCUT2D eigenvalue weighted by molar-refractivity contribution is -0.210. The zero-order chi connectivity index (χ0) is 21.5. The average Bonchev–Trinajstić information content (AvgIpc) is 2.95. The van der Waals surface area contributed by atoms with Crippen molar-refractivity contribution >= 4 is 16.9 Å². The lowest BCUT2D eigenvalue weighted by Gasteiger charge is -2.35. The van der Waals surface area contributed by atoms with Gasteiger partial charge in [-0.1, -0.05) is 6.07 Å². The van der Waals surface area contributed by atoms with Gasteiger partial charge in [0.1, 0.15) is 6.10 Å². The summed E-state index contributed by atoms with van der Waals surface area (Å²) in [6.45, 7) is 0.217. The van der Waals surface area contributed by atoms with Crippen LogP contribution in [0.4, 0.5) is 13.2 Å². The normalized spacial score (nSPS) is 18.8. The Morgan fingerprint density at radius 3 is 2.73 bits per heavy atom. The number of amides is 1. The number of aryl methyl sites for hydroxylation is 1. The Hall–Kier alpha value is -3.30. The maximum absolute atomic E-state index is 12.5. The smallest absolute Gasteiger partial charge is 0.392 e. The van der Waals surface area contributed by atoms with Gasteiger partial charge in [-0.15, -0.1) is 0 Å². The van der Waals surface area contributed by atoms with Gasteiger partial charge in [-0.2, -0.15) is 13.2 Å². The number of imidazole rings is 1. The van der Waals surface area contributed by atoms with Crippen molar-refractivity contribution in [3.63, 3.8) is 0 Å². The van der Waals surface area contributed by atoms with Gasteiger partial charge in [0.25, 0.3) is 5.91 Å². The molecule has 1 aliphatic carbocycles. The van der Waals surface area contributed by atoms with E-state index in [4.69, 9.17) is 4.74 Å². The number of pyridine rings is 1. The first-order valence-corrected chi connectivity index (χ1v) is 9.36. The maximum Gasteiger partial charge on any atom is 0.392 e. The number of hydrogen-bond acceptors (Lipinski definition) is 4. The topological polar surface area (TPSA) is 89.0 Å². The van der Waals surface area contributed by atoms with Crippen molar-refractivity contribution in [1.29, 1.82) is 0 Å². The van der Waals surface area contributed by atoms with Crippen molar-refractivity contribution in [2.45, 2.75) is 31.7 Å². The number of nitrogens with one attached hydrogen (secondary N) is 2. The Bertz CT molecular complexity index is 1130. The van der Waals surface area contributed by atoms with Crippen LogP contribution < -0.4 is 15.7 Å². The van der Waals surface area contributed by atoms with Gasteiger partial charge in [0, 0.05) is 31.4 Å². The number of fused-ring (bicyclic) bond motifs is 1. The van der Waals surface area contributed by atoms with Crippen LogP contribution in [-0.2, 0) is 13.6 Å². The monoisotopic (exact) mass is 420 g/mol. The molecule has 2 N–H and O–H groups in total. The minimum atomic E-state index is -4.17. The lowest BCUT2D eigenvalue weighted by Crippen LogP contribution is -2.42. The Balaban J connectivity index is 1.31. The first-order chi connectivity index (χ1) is 14.2. The quantitative estimate of drug-likeness (QED) is 0.664. The minimum absolute atomic E-state index is 0.0555. The second kappa shape index (κ2) is 7.51. The summed E-state index contributed by atoms with van der Waals surface area (Å²) < 4.78 is 44.4. The van der Waals surface area contributed by atoms with Crippen molar-refractivity contribution in [3.8, 4) is 5.88 Å². The highest BCUT2D eigenvalue weighted by Gasteiger charge is 2.49. The largest absolute Gasteiger partial charge is 0.474 e. The van der Waals surface area contributed by atoms with Crippen molar-refractivity contribution in [1.82, 2.24) is 19.9 Å². The molecule has 1 aliphatic rings. The van der Waals surface area contributed by atoms with E-state index in [0.717, 1.165) is 0 Å². The van der Waals surface area contributed by atoms with Crippen molar-refractivity contribution in [2.75, 3.05) is 0 Å². The predicted octanol–water partition coefficient (Wildman–Crippen LogP) is 2.91. The summed E-state index contributed by atoms with van der Waals surface area (Å²) in [6.07, 6.45) is -3.25. The third-order valence-corrected chi connectivity index (χ3v) is 5.26. The Morgan fingerprint density at radius 2 is 2.07 bits per heavy atom. The molecule has 2 heterocycles. The molecule has 0 radical (unpaired) electrons. The molecule has 0 bridgehead atoms. The van der Waals surface area contributed by atoms with E-state index < -0.39 is 18.2 Å². The van der Waals surface area contributed by atoms with Crippen LogP contribution in [0.5, 0.6) is 5.88 Å². The molecule has 158 valence electrons. The van der Waals surface area contributed by atoms with Gasteiger partial charge < -0.3 is 15.0 Å². The van der Waals surface area contributed by atoms with E-state index >= 15 is 0 Å². The van der Waals surface area contributed by atoms with E-state index in [9.17, 15) is 22.8 Å². The van der Waals surface area contributed by atoms with E-state index in [1.54, 1.807) is 37.4 Å². The number of H-pyrrole nitrogens is 1. The number of alkyl halides is 3. The molecule has 1 fully saturated rings. The summed E-state index contributed by atoms with van der Waals surface area (Å²) in [7, 11) is 1.64. The highest BCUT2D eigenvalue weighted by Crippen LogP contribution is 2.42. The summed E-state index contributed by atoms with van der Waals surface area (Å²) in [5.41, 5.74) is 2.13. The van der Waals surface area contributed by atoms with E-state index in [1.807, 2.05) is 0 Å². The number of rotatable bonds is 5. The number of hydrogen-bond donors (Lipinski definition) is 2. The number of ether oxygens (including phenoxy) is 1. The Kier molecular flexibility index (Phi) is 5.00. The standard InChI is InChI=1S/C20H19F3N4O3/c1-27-16-4-3-12(6-15(16)26-19(27)29)18(28)25-10-11-2-5-17(24-9-11)30-14-7-13(8-14)20(21,22)23/h2-6,9,13-14H,7-8,10H2,1H3,(H,25,28)(H,26,29). The summed E-state index contributed by atoms with van der Waals surface area (Å²) in [4.78, 5) is 30.8. The SMILES string of the molecule is Cn1c(=O)[nH]c2cc(C(=O)NCc3ccc(OC4CC(C(F)(F)F)C4)nc3)ccc21. The zero-order valence-corrected chi connectivity index (χ0v) is 16.0. The average molecular weight is 420 g/mol. The zero-order valence-electron chi connectivity index (χ0n) is 16.0. The highest BCUT2D eigenvalue weighted by atomic mass is 19.4. The van der Waals surface area contributed by atoms with Crippen LogP contribution in [0.3, 0.4) is 0 Å². The van der Waals surface area contributed by atoms with Gasteiger partial charge in [0.05, 0.1) is 17.0 Å². The second-order valence-corrected chi connectivity index (χ2v) is 7.36. The van der Waals surface area contributed by atoms with Crippen LogP contribution in [0.25, 0.3) is 11.0 Å². The van der Waals surface area contributed by atoms with Crippen molar-refractivity contribution in [2.24, 2.45) is 13.0 Å². The highest BCUT2D eigenvalue weighted by molar-refractivity contribution is 5.97. The molecular weight excluding hydrogens is 401 g/mol. The molecule has 10 heteroatoms. The summed E-state index contributed by atoms with van der Waals surface area (Å²) in [5, 5.41) is 2.76. The van der Waals surface area contributed by atoms with Gasteiger partial charge in [-0.25, -0.2) is 9.78 Å². The Morgan fingerprint density at radius 1 is 1.30 bits per heavy atom. The second-order valence-electron chi connectivity index (χ2n) is 7.36. The number of carbonyl (C=O) groups is 1. The molecule has 30 heavy (non-hydrogen) atoms. The van der Waals surface area contributed by atoms with Crippen LogP contribution in [0.1, 0.15) is 28.8 Å². The minimum Gasteiger partial charge on any atom is -0.474 e. The predicted molar refractivity (Wildman–Crippen MR) is 102 cm³/mol. The van der Waals surface area contributed by atoms with Crippen LogP contribution in [0.2, 0.25) is 0 Å². The molecule has 2 aromatic heterocycles. The molecule has 3 aromatic rings. The van der Waals surface area contributed by atoms with Gasteiger partial charge in [-0.3, -0.25) is 9.36 Å². The fourth-order valence-electron chi connectivity index (χ4n) is 3.35. The number of benzene rings is 1.